The molecule has 1 N–H and O–H groups in total. The topological polar surface area (TPSA) is 15.3 Å². The van der Waals surface area contributed by atoms with E-state index < -0.39 is 0 Å². The Kier molecular flexibility index (Phi) is 4.49. The number of nitrogens with one attached hydrogen (secondary N) is 1. The molecule has 2 nitrogen and oxygen atoms in total. The van der Waals surface area contributed by atoms with E-state index in [2.05, 4.69) is 43.2 Å². The van der Waals surface area contributed by atoms with Crippen molar-refractivity contribution in [3.8, 4) is 0 Å². The van der Waals surface area contributed by atoms with Gasteiger partial charge in [0, 0.05) is 33.9 Å². The summed E-state index contributed by atoms with van der Waals surface area (Å²) in [6.07, 6.45) is 8.08. The Hall–Kier alpha value is -0.380. The zero-order valence-electron chi connectivity index (χ0n) is 13.1. The Balaban J connectivity index is 1.60. The van der Waals surface area contributed by atoms with Gasteiger partial charge >= 0.3 is 0 Å². The number of rotatable bonds is 4. The lowest BCUT2D eigenvalue weighted by Crippen LogP contribution is -2.54. The van der Waals surface area contributed by atoms with Crippen molar-refractivity contribution >= 4 is 11.3 Å². The molecule has 1 aromatic rings. The average Bonchev–Trinajstić information content (AvgIpc) is 2.89. The lowest BCUT2D eigenvalue weighted by Gasteiger charge is -2.47. The quantitative estimate of drug-likeness (QED) is 0.903. The van der Waals surface area contributed by atoms with Crippen LogP contribution in [0.25, 0.3) is 0 Å². The van der Waals surface area contributed by atoms with Crippen LogP contribution in [0.15, 0.2) is 12.1 Å². The van der Waals surface area contributed by atoms with Crippen LogP contribution in [-0.2, 0) is 6.42 Å². The second kappa shape index (κ2) is 6.17. The third kappa shape index (κ3) is 2.95. The molecule has 0 spiro atoms. The van der Waals surface area contributed by atoms with E-state index in [0.717, 1.165) is 18.5 Å². The molecular weight excluding hydrogens is 264 g/mol. The number of aryl methyl sites for hydroxylation is 1. The lowest BCUT2D eigenvalue weighted by molar-refractivity contribution is 0.0464. The maximum absolute atomic E-state index is 3.91. The Morgan fingerprint density at radius 1 is 1.30 bits per heavy atom. The van der Waals surface area contributed by atoms with Crippen molar-refractivity contribution in [2.75, 3.05) is 7.05 Å². The molecule has 0 saturated carbocycles. The molecule has 0 radical (unpaired) electrons. The second-order valence-corrected chi connectivity index (χ2v) is 7.82. The highest BCUT2D eigenvalue weighted by Crippen LogP contribution is 2.34. The molecule has 0 aromatic carbocycles. The van der Waals surface area contributed by atoms with Gasteiger partial charge in [-0.25, -0.2) is 0 Å². The molecule has 3 unspecified atom stereocenters. The summed E-state index contributed by atoms with van der Waals surface area (Å²) in [5.74, 6) is 0. The van der Waals surface area contributed by atoms with E-state index in [1.165, 1.54) is 41.9 Å². The van der Waals surface area contributed by atoms with Gasteiger partial charge in [0.1, 0.15) is 0 Å². The Labute approximate surface area is 127 Å². The zero-order valence-corrected chi connectivity index (χ0v) is 13.9. The van der Waals surface area contributed by atoms with Gasteiger partial charge in [-0.15, -0.1) is 11.3 Å². The number of piperidine rings is 2. The van der Waals surface area contributed by atoms with Crippen LogP contribution >= 0.6 is 11.3 Å². The van der Waals surface area contributed by atoms with Crippen LogP contribution in [0, 0.1) is 0 Å². The van der Waals surface area contributed by atoms with Gasteiger partial charge < -0.3 is 10.2 Å². The Morgan fingerprint density at radius 3 is 2.60 bits per heavy atom. The molecule has 3 heterocycles. The molecule has 3 rings (SSSR count). The van der Waals surface area contributed by atoms with Gasteiger partial charge in [-0.3, -0.25) is 0 Å². The number of thiophene rings is 1. The van der Waals surface area contributed by atoms with Crippen LogP contribution in [0.2, 0.25) is 0 Å². The van der Waals surface area contributed by atoms with Crippen LogP contribution in [-0.4, -0.2) is 30.1 Å². The normalized spacial score (nSPS) is 32.2. The van der Waals surface area contributed by atoms with Crippen molar-refractivity contribution < 1.29 is 0 Å². The Morgan fingerprint density at radius 2 is 2.00 bits per heavy atom. The van der Waals surface area contributed by atoms with Gasteiger partial charge in [0.15, 0.2) is 0 Å². The van der Waals surface area contributed by atoms with E-state index >= 15 is 0 Å². The van der Waals surface area contributed by atoms with Crippen molar-refractivity contribution in [1.29, 1.82) is 0 Å². The summed E-state index contributed by atoms with van der Waals surface area (Å²) in [4.78, 5) is 5.66. The van der Waals surface area contributed by atoms with Crippen LogP contribution < -0.4 is 5.32 Å². The van der Waals surface area contributed by atoms with Crippen molar-refractivity contribution in [1.82, 2.24) is 10.2 Å². The molecule has 2 bridgehead atoms. The summed E-state index contributed by atoms with van der Waals surface area (Å²) in [6, 6.07) is 7.47. The summed E-state index contributed by atoms with van der Waals surface area (Å²) in [5.41, 5.74) is 0. The molecule has 3 heteroatoms. The third-order valence-corrected chi connectivity index (χ3v) is 6.70. The molecular formula is C17H28N2S. The van der Waals surface area contributed by atoms with Gasteiger partial charge in [0.05, 0.1) is 0 Å². The minimum absolute atomic E-state index is 0.509. The lowest BCUT2D eigenvalue weighted by atomic mass is 9.82. The van der Waals surface area contributed by atoms with Crippen molar-refractivity contribution in [2.45, 2.75) is 76.5 Å². The minimum Gasteiger partial charge on any atom is -0.307 e. The summed E-state index contributed by atoms with van der Waals surface area (Å²) in [7, 11) is 2.33. The van der Waals surface area contributed by atoms with E-state index in [-0.39, 0.29) is 0 Å². The Bertz CT molecular complexity index is 428. The molecule has 3 atom stereocenters. The molecule has 2 aliphatic rings. The standard InChI is InChI=1S/C17H28N2S/c1-4-16-8-9-17(20-16)12(2)18-13-10-14-6-5-7-15(11-13)19(14)3/h8-9,12-15,18H,4-7,10-11H2,1-3H3. The fourth-order valence-corrected chi connectivity index (χ4v) is 4.97. The largest absolute Gasteiger partial charge is 0.307 e. The first-order chi connectivity index (χ1) is 9.67. The van der Waals surface area contributed by atoms with Crippen LogP contribution in [0.1, 0.15) is 61.7 Å². The maximum atomic E-state index is 3.91. The van der Waals surface area contributed by atoms with Crippen molar-refractivity contribution in [3.05, 3.63) is 21.9 Å². The molecule has 2 fully saturated rings. The van der Waals surface area contributed by atoms with E-state index in [1.54, 1.807) is 0 Å². The first-order valence-electron chi connectivity index (χ1n) is 8.24. The first kappa shape index (κ1) is 14.6. The summed E-state index contributed by atoms with van der Waals surface area (Å²) >= 11 is 1.98. The van der Waals surface area contributed by atoms with Crippen molar-refractivity contribution in [2.24, 2.45) is 0 Å². The van der Waals surface area contributed by atoms with Gasteiger partial charge in [-0.05, 0) is 58.2 Å². The predicted octanol–water partition coefficient (Wildman–Crippen LogP) is 3.98. The highest BCUT2D eigenvalue weighted by molar-refractivity contribution is 7.12. The van der Waals surface area contributed by atoms with E-state index in [9.17, 15) is 0 Å². The molecule has 1 aromatic heterocycles. The van der Waals surface area contributed by atoms with E-state index in [1.807, 2.05) is 11.3 Å². The van der Waals surface area contributed by atoms with Crippen LogP contribution in [0.4, 0.5) is 0 Å². The monoisotopic (exact) mass is 292 g/mol. The van der Waals surface area contributed by atoms with Gasteiger partial charge in [0.2, 0.25) is 0 Å². The molecule has 2 saturated heterocycles. The first-order valence-corrected chi connectivity index (χ1v) is 9.05. The average molecular weight is 292 g/mol. The molecule has 2 aliphatic heterocycles. The van der Waals surface area contributed by atoms with Gasteiger partial charge in [0.25, 0.3) is 0 Å². The minimum atomic E-state index is 0.509. The summed E-state index contributed by atoms with van der Waals surface area (Å²) in [6.45, 7) is 4.57. The molecule has 0 amide bonds. The SMILES string of the molecule is CCc1ccc(C(C)NC2CC3CCCC(C2)N3C)s1. The molecule has 20 heavy (non-hydrogen) atoms. The van der Waals surface area contributed by atoms with Crippen LogP contribution in [0.5, 0.6) is 0 Å². The second-order valence-electron chi connectivity index (χ2n) is 6.62. The number of hydrogen-bond donors (Lipinski definition) is 1. The van der Waals surface area contributed by atoms with Crippen molar-refractivity contribution in [3.63, 3.8) is 0 Å². The van der Waals surface area contributed by atoms with E-state index in [4.69, 9.17) is 0 Å². The number of hydrogen-bond acceptors (Lipinski definition) is 3. The van der Waals surface area contributed by atoms with Crippen LogP contribution in [0.3, 0.4) is 0 Å². The fourth-order valence-electron chi connectivity index (χ4n) is 4.00. The summed E-state index contributed by atoms with van der Waals surface area (Å²) < 4.78 is 0. The third-order valence-electron chi connectivity index (χ3n) is 5.28. The zero-order chi connectivity index (χ0) is 14.1. The van der Waals surface area contributed by atoms with Gasteiger partial charge in [-0.2, -0.15) is 0 Å². The highest BCUT2D eigenvalue weighted by Gasteiger charge is 2.36. The fraction of sp³-hybridized carbons (Fsp3) is 0.765. The number of nitrogens with zero attached hydrogens (tertiary/aromatic N) is 1. The number of fused-ring (bicyclic) bond motifs is 2. The maximum Gasteiger partial charge on any atom is 0.0388 e. The van der Waals surface area contributed by atoms with Gasteiger partial charge in [-0.1, -0.05) is 13.3 Å². The summed E-state index contributed by atoms with van der Waals surface area (Å²) in [5, 5.41) is 3.91. The smallest absolute Gasteiger partial charge is 0.0388 e. The predicted molar refractivity (Wildman–Crippen MR) is 87.5 cm³/mol. The van der Waals surface area contributed by atoms with E-state index in [0.29, 0.717) is 12.1 Å². The highest BCUT2D eigenvalue weighted by atomic mass is 32.1. The molecule has 0 aliphatic carbocycles. The molecule has 112 valence electrons.